The van der Waals surface area contributed by atoms with E-state index in [1.807, 2.05) is 0 Å². The first kappa shape index (κ1) is 24.3. The molecule has 0 fully saturated rings. The predicted molar refractivity (Wildman–Crippen MR) is 116 cm³/mol. The van der Waals surface area contributed by atoms with Crippen molar-refractivity contribution in [1.29, 1.82) is 0 Å². The quantitative estimate of drug-likeness (QED) is 0.612. The lowest BCUT2D eigenvalue weighted by atomic mass is 10.2. The van der Waals surface area contributed by atoms with E-state index in [1.165, 1.54) is 30.3 Å². The van der Waals surface area contributed by atoms with E-state index >= 15 is 0 Å². The van der Waals surface area contributed by atoms with Crippen molar-refractivity contribution in [1.82, 2.24) is 4.72 Å². The number of hydrogen-bond acceptors (Lipinski definition) is 5. The average molecular weight is 452 g/mol. The van der Waals surface area contributed by atoms with Crippen LogP contribution in [0.15, 0.2) is 47.4 Å². The van der Waals surface area contributed by atoms with Gasteiger partial charge in [0.15, 0.2) is 0 Å². The third kappa shape index (κ3) is 7.34. The molecule has 0 saturated carbocycles. The van der Waals surface area contributed by atoms with E-state index in [9.17, 15) is 22.4 Å². The van der Waals surface area contributed by atoms with Gasteiger partial charge in [-0.3, -0.25) is 10.1 Å². The van der Waals surface area contributed by atoms with E-state index in [2.05, 4.69) is 15.4 Å². The molecule has 0 atom stereocenters. The predicted octanol–water partition coefficient (Wildman–Crippen LogP) is 4.11. The van der Waals surface area contributed by atoms with Gasteiger partial charge in [-0.2, -0.15) is 0 Å². The first-order valence-electron chi connectivity index (χ1n) is 9.50. The fraction of sp³-hybridized carbons (Fsp3) is 0.333. The molecule has 2 amide bonds. The van der Waals surface area contributed by atoms with Crippen LogP contribution in [0.4, 0.5) is 20.6 Å². The molecule has 0 aromatic heterocycles. The van der Waals surface area contributed by atoms with Crippen molar-refractivity contribution < 1.29 is 27.1 Å². The summed E-state index contributed by atoms with van der Waals surface area (Å²) in [5.41, 5.74) is -0.596. The lowest BCUT2D eigenvalue weighted by Gasteiger charge is -2.20. The fourth-order valence-electron chi connectivity index (χ4n) is 2.52. The minimum absolute atomic E-state index is 0.00979. The summed E-state index contributed by atoms with van der Waals surface area (Å²) in [4.78, 5) is 24.7. The fourth-order valence-corrected chi connectivity index (χ4v) is 3.82. The Labute approximate surface area is 181 Å². The van der Waals surface area contributed by atoms with Gasteiger partial charge in [0.2, 0.25) is 10.0 Å². The van der Waals surface area contributed by atoms with Crippen molar-refractivity contribution in [3.05, 3.63) is 53.8 Å². The lowest BCUT2D eigenvalue weighted by Crippen LogP contribution is -2.30. The van der Waals surface area contributed by atoms with Crippen molar-refractivity contribution in [3.63, 3.8) is 0 Å². The van der Waals surface area contributed by atoms with Crippen LogP contribution in [0.5, 0.6) is 0 Å². The SMILES string of the molecule is CC(C)NS(=O)(=O)c1cccc(C(=O)Nc2cc(F)ccc2NC(=O)OC(C)(C)C)c1. The van der Waals surface area contributed by atoms with Crippen LogP contribution in [-0.4, -0.2) is 32.1 Å². The highest BCUT2D eigenvalue weighted by Crippen LogP contribution is 2.25. The highest BCUT2D eigenvalue weighted by Gasteiger charge is 2.20. The van der Waals surface area contributed by atoms with Crippen LogP contribution in [0.3, 0.4) is 0 Å². The minimum atomic E-state index is -3.80. The van der Waals surface area contributed by atoms with Gasteiger partial charge in [-0.1, -0.05) is 6.07 Å². The molecule has 31 heavy (non-hydrogen) atoms. The van der Waals surface area contributed by atoms with Crippen LogP contribution in [0.1, 0.15) is 45.0 Å². The molecule has 0 aliphatic carbocycles. The summed E-state index contributed by atoms with van der Waals surface area (Å²) in [7, 11) is -3.80. The molecule has 0 aliphatic heterocycles. The Kier molecular flexibility index (Phi) is 7.40. The first-order valence-corrected chi connectivity index (χ1v) is 11.0. The second-order valence-corrected chi connectivity index (χ2v) is 9.79. The van der Waals surface area contributed by atoms with Crippen LogP contribution < -0.4 is 15.4 Å². The number of nitrogens with one attached hydrogen (secondary N) is 3. The molecule has 168 valence electrons. The molecule has 0 radical (unpaired) electrons. The summed E-state index contributed by atoms with van der Waals surface area (Å²) < 4.78 is 46.1. The van der Waals surface area contributed by atoms with Gasteiger partial charge in [0.1, 0.15) is 11.4 Å². The maximum absolute atomic E-state index is 13.8. The van der Waals surface area contributed by atoms with Crippen molar-refractivity contribution in [2.24, 2.45) is 0 Å². The summed E-state index contributed by atoms with van der Waals surface area (Å²) >= 11 is 0. The summed E-state index contributed by atoms with van der Waals surface area (Å²) in [5.74, 6) is -1.32. The molecule has 0 spiro atoms. The molecule has 0 bridgehead atoms. The molecule has 3 N–H and O–H groups in total. The summed E-state index contributed by atoms with van der Waals surface area (Å²) in [6.45, 7) is 8.42. The Morgan fingerprint density at radius 2 is 1.68 bits per heavy atom. The molecular weight excluding hydrogens is 425 g/mol. The van der Waals surface area contributed by atoms with E-state index in [4.69, 9.17) is 4.74 Å². The third-order valence-electron chi connectivity index (χ3n) is 3.66. The Hall–Kier alpha value is -2.98. The molecule has 0 heterocycles. The number of hydrogen-bond donors (Lipinski definition) is 3. The standard InChI is InChI=1S/C21H26FN3O5S/c1-13(2)25-31(28,29)16-8-6-7-14(11-16)19(26)23-18-12-15(22)9-10-17(18)24-20(27)30-21(3,4)5/h6-13,25H,1-5H3,(H,23,26)(H,24,27). The molecule has 2 rings (SSSR count). The molecule has 10 heteroatoms. The highest BCUT2D eigenvalue weighted by molar-refractivity contribution is 7.89. The molecule has 2 aromatic carbocycles. The highest BCUT2D eigenvalue weighted by atomic mass is 32.2. The zero-order valence-corrected chi connectivity index (χ0v) is 18.8. The zero-order chi connectivity index (χ0) is 23.4. The number of amides is 2. The second-order valence-electron chi connectivity index (χ2n) is 8.07. The zero-order valence-electron chi connectivity index (χ0n) is 17.9. The van der Waals surface area contributed by atoms with Crippen LogP contribution in [0.25, 0.3) is 0 Å². The lowest BCUT2D eigenvalue weighted by molar-refractivity contribution is 0.0635. The van der Waals surface area contributed by atoms with Crippen molar-refractivity contribution >= 4 is 33.4 Å². The topological polar surface area (TPSA) is 114 Å². The number of carbonyl (C=O) groups excluding carboxylic acids is 2. The monoisotopic (exact) mass is 451 g/mol. The number of benzene rings is 2. The van der Waals surface area contributed by atoms with Crippen LogP contribution in [0, 0.1) is 5.82 Å². The number of ether oxygens (including phenoxy) is 1. The molecular formula is C21H26FN3O5S. The molecule has 8 nitrogen and oxygen atoms in total. The second kappa shape index (κ2) is 9.44. The molecule has 2 aromatic rings. The normalized spacial score (nSPS) is 11.8. The van der Waals surface area contributed by atoms with Gasteiger partial charge >= 0.3 is 6.09 Å². The van der Waals surface area contributed by atoms with Gasteiger partial charge in [-0.15, -0.1) is 0 Å². The molecule has 0 unspecified atom stereocenters. The van der Waals surface area contributed by atoms with Gasteiger partial charge < -0.3 is 10.1 Å². The van der Waals surface area contributed by atoms with Crippen LogP contribution >= 0.6 is 0 Å². The van der Waals surface area contributed by atoms with Gasteiger partial charge in [0.25, 0.3) is 5.91 Å². The number of halogens is 1. The van der Waals surface area contributed by atoms with Crippen LogP contribution in [-0.2, 0) is 14.8 Å². The summed E-state index contributed by atoms with van der Waals surface area (Å²) in [6.07, 6.45) is -0.776. The Bertz CT molecular complexity index is 1080. The minimum Gasteiger partial charge on any atom is -0.444 e. The van der Waals surface area contributed by atoms with Crippen molar-refractivity contribution in [2.75, 3.05) is 10.6 Å². The van der Waals surface area contributed by atoms with Crippen molar-refractivity contribution in [3.8, 4) is 0 Å². The molecule has 0 saturated heterocycles. The van der Waals surface area contributed by atoms with Gasteiger partial charge in [0.05, 0.1) is 16.3 Å². The van der Waals surface area contributed by atoms with E-state index in [-0.39, 0.29) is 27.9 Å². The number of rotatable bonds is 6. The third-order valence-corrected chi connectivity index (χ3v) is 5.32. The van der Waals surface area contributed by atoms with Gasteiger partial charge in [0, 0.05) is 11.6 Å². The largest absolute Gasteiger partial charge is 0.444 e. The average Bonchev–Trinajstić information content (AvgIpc) is 2.61. The van der Waals surface area contributed by atoms with E-state index < -0.39 is 33.4 Å². The Morgan fingerprint density at radius 1 is 1.00 bits per heavy atom. The Morgan fingerprint density at radius 3 is 2.29 bits per heavy atom. The maximum Gasteiger partial charge on any atom is 0.412 e. The number of sulfonamides is 1. The van der Waals surface area contributed by atoms with E-state index in [0.717, 1.165) is 12.1 Å². The van der Waals surface area contributed by atoms with Gasteiger partial charge in [-0.05, 0) is 71.0 Å². The Balaban J connectivity index is 2.27. The maximum atomic E-state index is 13.8. The summed E-state index contributed by atoms with van der Waals surface area (Å²) in [6, 6.07) is 8.52. The van der Waals surface area contributed by atoms with Crippen molar-refractivity contribution in [2.45, 2.75) is 51.2 Å². The van der Waals surface area contributed by atoms with E-state index in [0.29, 0.717) is 0 Å². The van der Waals surface area contributed by atoms with Crippen LogP contribution in [0.2, 0.25) is 0 Å². The smallest absolute Gasteiger partial charge is 0.412 e. The summed E-state index contributed by atoms with van der Waals surface area (Å²) in [5, 5.41) is 4.95. The number of anilines is 2. The van der Waals surface area contributed by atoms with Gasteiger partial charge in [-0.25, -0.2) is 22.3 Å². The van der Waals surface area contributed by atoms with E-state index in [1.54, 1.807) is 34.6 Å². The molecule has 0 aliphatic rings. The first-order chi connectivity index (χ1) is 14.3. The number of carbonyl (C=O) groups is 2.